The number of carbonyl (C=O) groups excluding carboxylic acids is 1. The Morgan fingerprint density at radius 1 is 1.63 bits per heavy atom. The fourth-order valence-corrected chi connectivity index (χ4v) is 2.97. The van der Waals surface area contributed by atoms with Crippen molar-refractivity contribution in [3.63, 3.8) is 0 Å². The third-order valence-electron chi connectivity index (χ3n) is 3.07. The number of thiazole rings is 1. The zero-order valence-electron chi connectivity index (χ0n) is 11.5. The summed E-state index contributed by atoms with van der Waals surface area (Å²) in [4.78, 5) is 19.1. The van der Waals surface area contributed by atoms with Crippen LogP contribution in [-0.4, -0.2) is 47.6 Å². The molecule has 19 heavy (non-hydrogen) atoms. The Hall–Kier alpha value is -1.34. The minimum Gasteiger partial charge on any atom is -0.382 e. The number of rotatable bonds is 3. The third-order valence-corrected chi connectivity index (χ3v) is 4.08. The van der Waals surface area contributed by atoms with Crippen LogP contribution in [0.15, 0.2) is 0 Å². The molecule has 0 atom stereocenters. The first-order valence-electron chi connectivity index (χ1n) is 6.35. The summed E-state index contributed by atoms with van der Waals surface area (Å²) in [5, 5.41) is 3.77. The van der Waals surface area contributed by atoms with Crippen LogP contribution in [0.5, 0.6) is 0 Å². The predicted molar refractivity (Wildman–Crippen MR) is 76.6 cm³/mol. The maximum absolute atomic E-state index is 12.6. The lowest BCUT2D eigenvalue weighted by Crippen LogP contribution is -2.55. The topological polar surface area (TPSA) is 80.5 Å². The molecule has 7 heteroatoms. The Labute approximate surface area is 116 Å². The van der Waals surface area contributed by atoms with E-state index >= 15 is 0 Å². The highest BCUT2D eigenvalue weighted by atomic mass is 32.1. The van der Waals surface area contributed by atoms with Gasteiger partial charge in [-0.15, -0.1) is 0 Å². The van der Waals surface area contributed by atoms with E-state index in [1.165, 1.54) is 11.3 Å². The van der Waals surface area contributed by atoms with Crippen molar-refractivity contribution in [2.45, 2.75) is 26.3 Å². The lowest BCUT2D eigenvalue weighted by molar-refractivity contribution is -0.0368. The normalized spacial score (nSPS) is 18.4. The molecule has 6 nitrogen and oxygen atoms in total. The largest absolute Gasteiger partial charge is 0.382 e. The molecule has 0 unspecified atom stereocenters. The van der Waals surface area contributed by atoms with Crippen LogP contribution in [0.1, 0.15) is 30.4 Å². The molecule has 0 spiro atoms. The molecule has 0 saturated carbocycles. The van der Waals surface area contributed by atoms with Gasteiger partial charge in [-0.3, -0.25) is 4.79 Å². The molecule has 2 heterocycles. The van der Waals surface area contributed by atoms with Crippen molar-refractivity contribution in [3.05, 3.63) is 4.88 Å². The van der Waals surface area contributed by atoms with Gasteiger partial charge in [0.25, 0.3) is 5.91 Å². The highest BCUT2D eigenvalue weighted by Gasteiger charge is 2.36. The second-order valence-corrected chi connectivity index (χ2v) is 6.08. The van der Waals surface area contributed by atoms with Crippen molar-refractivity contribution in [3.8, 4) is 0 Å². The van der Waals surface area contributed by atoms with Gasteiger partial charge < -0.3 is 20.7 Å². The minimum absolute atomic E-state index is 0.0625. The Kier molecular flexibility index (Phi) is 3.96. The summed E-state index contributed by atoms with van der Waals surface area (Å²) in [5.74, 6) is 0.237. The average molecular weight is 284 g/mol. The highest BCUT2D eigenvalue weighted by Crippen LogP contribution is 2.29. The monoisotopic (exact) mass is 284 g/mol. The molecule has 1 aromatic rings. The molecule has 0 aliphatic carbocycles. The fraction of sp³-hybridized carbons (Fsp3) is 0.667. The lowest BCUT2D eigenvalue weighted by atomic mass is 10.0. The van der Waals surface area contributed by atoms with Gasteiger partial charge in [-0.2, -0.15) is 0 Å². The van der Waals surface area contributed by atoms with E-state index in [2.05, 4.69) is 10.3 Å². The molecule has 1 amide bonds. The summed E-state index contributed by atoms with van der Waals surface area (Å²) in [6, 6.07) is 0. The van der Waals surface area contributed by atoms with Gasteiger partial charge in [0.1, 0.15) is 10.7 Å². The molecule has 0 bridgehead atoms. The van der Waals surface area contributed by atoms with Crippen molar-refractivity contribution in [2.75, 3.05) is 37.4 Å². The number of nitrogens with one attached hydrogen (secondary N) is 1. The molecule has 1 saturated heterocycles. The van der Waals surface area contributed by atoms with Crippen molar-refractivity contribution >= 4 is 28.2 Å². The van der Waals surface area contributed by atoms with E-state index in [-0.39, 0.29) is 11.4 Å². The average Bonchev–Trinajstić information content (AvgIpc) is 2.69. The number of aromatic nitrogens is 1. The lowest BCUT2D eigenvalue weighted by Gasteiger charge is -2.41. The number of amides is 1. The van der Waals surface area contributed by atoms with Crippen LogP contribution < -0.4 is 11.1 Å². The third kappa shape index (κ3) is 2.82. The molecule has 0 radical (unpaired) electrons. The van der Waals surface area contributed by atoms with E-state index in [4.69, 9.17) is 10.5 Å². The summed E-state index contributed by atoms with van der Waals surface area (Å²) >= 11 is 1.31. The second-order valence-electron chi connectivity index (χ2n) is 5.09. The summed E-state index contributed by atoms with van der Waals surface area (Å²) < 4.78 is 5.43. The summed E-state index contributed by atoms with van der Waals surface area (Å²) in [6.45, 7) is 8.40. The maximum atomic E-state index is 12.6. The van der Waals surface area contributed by atoms with E-state index in [0.29, 0.717) is 35.6 Å². The SMILES string of the molecule is CCNc1nc(N)c(C(=O)N2CCOCC2(C)C)s1. The van der Waals surface area contributed by atoms with Gasteiger partial charge >= 0.3 is 0 Å². The van der Waals surface area contributed by atoms with Crippen LogP contribution in [-0.2, 0) is 4.74 Å². The zero-order valence-corrected chi connectivity index (χ0v) is 12.3. The summed E-state index contributed by atoms with van der Waals surface area (Å²) in [6.07, 6.45) is 0. The first-order valence-corrected chi connectivity index (χ1v) is 7.17. The Morgan fingerprint density at radius 3 is 3.00 bits per heavy atom. The Bertz CT molecular complexity index is 472. The number of nitrogen functional groups attached to an aromatic ring is 1. The molecule has 1 aliphatic rings. The summed E-state index contributed by atoms with van der Waals surface area (Å²) in [7, 11) is 0. The Balaban J connectivity index is 2.23. The number of anilines is 2. The minimum atomic E-state index is -0.315. The first kappa shape index (κ1) is 14.1. The van der Waals surface area contributed by atoms with Crippen molar-refractivity contribution in [1.82, 2.24) is 9.88 Å². The van der Waals surface area contributed by atoms with Gasteiger partial charge in [-0.1, -0.05) is 11.3 Å². The molecular formula is C12H20N4O2S. The van der Waals surface area contributed by atoms with Gasteiger partial charge in [0.15, 0.2) is 5.13 Å². The number of hydrogen-bond donors (Lipinski definition) is 2. The quantitative estimate of drug-likeness (QED) is 0.877. The van der Waals surface area contributed by atoms with E-state index in [1.54, 1.807) is 0 Å². The number of hydrogen-bond acceptors (Lipinski definition) is 6. The fourth-order valence-electron chi connectivity index (χ4n) is 2.07. The van der Waals surface area contributed by atoms with E-state index in [1.807, 2.05) is 25.7 Å². The first-order chi connectivity index (χ1) is 8.95. The molecule has 1 aromatic heterocycles. The predicted octanol–water partition coefficient (Wildman–Crippen LogP) is 1.41. The van der Waals surface area contributed by atoms with Crippen LogP contribution in [0.25, 0.3) is 0 Å². The van der Waals surface area contributed by atoms with Crippen LogP contribution in [0, 0.1) is 0 Å². The van der Waals surface area contributed by atoms with Gasteiger partial charge in [0.2, 0.25) is 0 Å². The number of carbonyl (C=O) groups is 1. The number of nitrogens with two attached hydrogens (primary N) is 1. The molecule has 106 valence electrons. The van der Waals surface area contributed by atoms with Crippen LogP contribution >= 0.6 is 11.3 Å². The molecule has 1 aliphatic heterocycles. The summed E-state index contributed by atoms with van der Waals surface area (Å²) in [5.41, 5.74) is 5.53. The molecule has 2 rings (SSSR count). The van der Waals surface area contributed by atoms with Gasteiger partial charge in [0, 0.05) is 13.1 Å². The van der Waals surface area contributed by atoms with Crippen LogP contribution in [0.2, 0.25) is 0 Å². The van der Waals surface area contributed by atoms with Crippen LogP contribution in [0.4, 0.5) is 10.9 Å². The standard InChI is InChI=1S/C12H20N4O2S/c1-4-14-11-15-9(13)8(19-11)10(17)16-5-6-18-7-12(16,2)3/h4-7,13H2,1-3H3,(H,14,15). The second kappa shape index (κ2) is 5.34. The van der Waals surface area contributed by atoms with Crippen molar-refractivity contribution < 1.29 is 9.53 Å². The number of ether oxygens (including phenoxy) is 1. The van der Waals surface area contributed by atoms with E-state index < -0.39 is 0 Å². The molecular weight excluding hydrogens is 264 g/mol. The number of morpholine rings is 1. The smallest absolute Gasteiger partial charge is 0.268 e. The van der Waals surface area contributed by atoms with Crippen LogP contribution in [0.3, 0.4) is 0 Å². The maximum Gasteiger partial charge on any atom is 0.268 e. The van der Waals surface area contributed by atoms with E-state index in [9.17, 15) is 4.79 Å². The van der Waals surface area contributed by atoms with Crippen molar-refractivity contribution in [1.29, 1.82) is 0 Å². The van der Waals surface area contributed by atoms with E-state index in [0.717, 1.165) is 6.54 Å². The molecule has 0 aromatic carbocycles. The highest BCUT2D eigenvalue weighted by molar-refractivity contribution is 7.18. The molecule has 3 N–H and O–H groups in total. The number of nitrogens with zero attached hydrogens (tertiary/aromatic N) is 2. The van der Waals surface area contributed by atoms with Gasteiger partial charge in [-0.05, 0) is 20.8 Å². The molecule has 1 fully saturated rings. The Morgan fingerprint density at radius 2 is 2.37 bits per heavy atom. The van der Waals surface area contributed by atoms with Crippen molar-refractivity contribution in [2.24, 2.45) is 0 Å². The van der Waals surface area contributed by atoms with Gasteiger partial charge in [0.05, 0.1) is 18.8 Å². The zero-order chi connectivity index (χ0) is 14.0. The van der Waals surface area contributed by atoms with Gasteiger partial charge in [-0.25, -0.2) is 4.98 Å².